The molecule has 0 aliphatic heterocycles. The number of rotatable bonds is 9. The van der Waals surface area contributed by atoms with Crippen molar-refractivity contribution in [1.29, 1.82) is 0 Å². The largest absolute Gasteiger partial charge is 0.497 e. The first-order valence-electron chi connectivity index (χ1n) is 12.2. The number of para-hydroxylation sites is 1. The van der Waals surface area contributed by atoms with Gasteiger partial charge in [0, 0.05) is 17.1 Å². The van der Waals surface area contributed by atoms with Gasteiger partial charge in [0.05, 0.1) is 12.6 Å². The normalized spacial score (nSPS) is 10.8. The van der Waals surface area contributed by atoms with Gasteiger partial charge < -0.3 is 19.3 Å². The molecule has 1 heterocycles. The van der Waals surface area contributed by atoms with Crippen LogP contribution in [-0.4, -0.2) is 29.8 Å². The van der Waals surface area contributed by atoms with E-state index < -0.39 is 5.97 Å². The van der Waals surface area contributed by atoms with Crippen LogP contribution in [0.3, 0.4) is 0 Å². The van der Waals surface area contributed by atoms with Crippen molar-refractivity contribution in [2.75, 3.05) is 13.7 Å². The summed E-state index contributed by atoms with van der Waals surface area (Å²) in [6.07, 6.45) is 1.90. The molecule has 0 aliphatic rings. The Balaban J connectivity index is 1.46. The van der Waals surface area contributed by atoms with Crippen molar-refractivity contribution in [1.82, 2.24) is 4.98 Å². The van der Waals surface area contributed by atoms with Crippen LogP contribution < -0.4 is 14.2 Å². The summed E-state index contributed by atoms with van der Waals surface area (Å²) in [7, 11) is 1.66. The number of fused-ring (bicyclic) bond motifs is 1. The second-order valence-corrected chi connectivity index (χ2v) is 8.96. The van der Waals surface area contributed by atoms with E-state index in [1.807, 2.05) is 61.7 Å². The van der Waals surface area contributed by atoms with Crippen LogP contribution in [-0.2, 0) is 11.4 Å². The number of aromatic nitrogens is 1. The number of pyridine rings is 1. The SMILES string of the molecule is COc1ccc(-c2cc(COc3ccc(OCC(=O)O)c(C)c3)cc(-c3cnc4ccccc4c3)c2)cc1. The molecule has 38 heavy (non-hydrogen) atoms. The summed E-state index contributed by atoms with van der Waals surface area (Å²) in [5.74, 6) is 0.985. The monoisotopic (exact) mass is 505 g/mol. The Bertz CT molecular complexity index is 1590. The lowest BCUT2D eigenvalue weighted by atomic mass is 9.96. The molecule has 0 unspecified atom stereocenters. The average Bonchev–Trinajstić information content (AvgIpc) is 2.95. The zero-order chi connectivity index (χ0) is 26.5. The molecule has 0 aliphatic carbocycles. The number of benzene rings is 4. The maximum absolute atomic E-state index is 10.8. The highest BCUT2D eigenvalue weighted by atomic mass is 16.5. The number of hydrogen-bond acceptors (Lipinski definition) is 5. The topological polar surface area (TPSA) is 77.9 Å². The number of nitrogens with zero attached hydrogens (tertiary/aromatic N) is 1. The third-order valence-corrected chi connectivity index (χ3v) is 6.24. The van der Waals surface area contributed by atoms with Crippen LogP contribution in [0.5, 0.6) is 17.2 Å². The van der Waals surface area contributed by atoms with Crippen molar-refractivity contribution in [3.8, 4) is 39.5 Å². The molecule has 0 radical (unpaired) electrons. The smallest absolute Gasteiger partial charge is 0.341 e. The minimum Gasteiger partial charge on any atom is -0.497 e. The van der Waals surface area contributed by atoms with Crippen LogP contribution in [0, 0.1) is 6.92 Å². The maximum Gasteiger partial charge on any atom is 0.341 e. The summed E-state index contributed by atoms with van der Waals surface area (Å²) in [6.45, 7) is 1.83. The number of carbonyl (C=O) groups is 1. The lowest BCUT2D eigenvalue weighted by Crippen LogP contribution is -2.10. The van der Waals surface area contributed by atoms with Gasteiger partial charge in [-0.15, -0.1) is 0 Å². The first-order valence-corrected chi connectivity index (χ1v) is 12.2. The minimum atomic E-state index is -1.01. The predicted molar refractivity (Wildman–Crippen MR) is 148 cm³/mol. The molecule has 0 amide bonds. The summed E-state index contributed by atoms with van der Waals surface area (Å²) in [5.41, 5.74) is 6.96. The Kier molecular flexibility index (Phi) is 7.22. The summed E-state index contributed by atoms with van der Waals surface area (Å²) < 4.78 is 16.8. The Morgan fingerprint density at radius 2 is 1.53 bits per heavy atom. The van der Waals surface area contributed by atoms with E-state index >= 15 is 0 Å². The molecule has 6 nitrogen and oxygen atoms in total. The molecule has 6 heteroatoms. The number of hydrogen-bond donors (Lipinski definition) is 1. The highest BCUT2D eigenvalue weighted by Gasteiger charge is 2.10. The third-order valence-electron chi connectivity index (χ3n) is 6.24. The fourth-order valence-electron chi connectivity index (χ4n) is 4.30. The molecular weight excluding hydrogens is 478 g/mol. The van der Waals surface area contributed by atoms with Gasteiger partial charge in [-0.1, -0.05) is 30.3 Å². The van der Waals surface area contributed by atoms with E-state index in [1.165, 1.54) is 0 Å². The van der Waals surface area contributed by atoms with Gasteiger partial charge in [0.25, 0.3) is 0 Å². The number of carboxylic acid groups (broad SMARTS) is 1. The highest BCUT2D eigenvalue weighted by Crippen LogP contribution is 2.31. The van der Waals surface area contributed by atoms with Crippen molar-refractivity contribution >= 4 is 16.9 Å². The van der Waals surface area contributed by atoms with Crippen molar-refractivity contribution in [2.45, 2.75) is 13.5 Å². The van der Waals surface area contributed by atoms with Gasteiger partial charge in [-0.3, -0.25) is 4.98 Å². The first kappa shape index (κ1) is 24.8. The Morgan fingerprint density at radius 3 is 2.26 bits per heavy atom. The molecule has 0 spiro atoms. The number of carboxylic acids is 1. The van der Waals surface area contributed by atoms with Gasteiger partial charge in [-0.05, 0) is 95.4 Å². The van der Waals surface area contributed by atoms with Crippen molar-refractivity contribution in [2.24, 2.45) is 0 Å². The summed E-state index contributed by atoms with van der Waals surface area (Å²) >= 11 is 0. The van der Waals surface area contributed by atoms with Crippen LogP contribution >= 0.6 is 0 Å². The standard InChI is InChI=1S/C32H27NO5/c1-21-13-29(11-12-31(21)38-20-32(34)35)37-19-22-14-25(23-7-9-28(36-2)10-8-23)17-26(15-22)27-16-24-5-3-4-6-30(24)33-18-27/h3-18H,19-20H2,1-2H3,(H,34,35). The van der Waals surface area contributed by atoms with Crippen LogP contribution in [0.4, 0.5) is 0 Å². The molecule has 0 bridgehead atoms. The number of methoxy groups -OCH3 is 1. The second-order valence-electron chi connectivity index (χ2n) is 8.96. The highest BCUT2D eigenvalue weighted by molar-refractivity contribution is 5.84. The van der Waals surface area contributed by atoms with Gasteiger partial charge in [0.15, 0.2) is 6.61 Å². The van der Waals surface area contributed by atoms with Crippen molar-refractivity contribution in [3.63, 3.8) is 0 Å². The second kappa shape index (κ2) is 11.0. The third kappa shape index (κ3) is 5.76. The zero-order valence-electron chi connectivity index (χ0n) is 21.2. The van der Waals surface area contributed by atoms with Gasteiger partial charge >= 0.3 is 5.97 Å². The molecule has 0 saturated heterocycles. The van der Waals surface area contributed by atoms with E-state index in [9.17, 15) is 4.79 Å². The molecule has 0 fully saturated rings. The number of aryl methyl sites for hydroxylation is 1. The fraction of sp³-hybridized carbons (Fsp3) is 0.125. The molecule has 1 aromatic heterocycles. The minimum absolute atomic E-state index is 0.354. The Hall–Kier alpha value is -4.84. The van der Waals surface area contributed by atoms with Crippen LogP contribution in [0.15, 0.2) is 97.2 Å². The molecule has 190 valence electrons. The Morgan fingerprint density at radius 1 is 0.789 bits per heavy atom. The van der Waals surface area contributed by atoms with Crippen LogP contribution in [0.1, 0.15) is 11.1 Å². The zero-order valence-corrected chi connectivity index (χ0v) is 21.2. The van der Waals surface area contributed by atoms with Crippen molar-refractivity contribution < 1.29 is 24.1 Å². The quantitative estimate of drug-likeness (QED) is 0.234. The maximum atomic E-state index is 10.8. The molecule has 0 atom stereocenters. The van der Waals surface area contributed by atoms with E-state index in [4.69, 9.17) is 19.3 Å². The Labute approximate surface area is 221 Å². The number of aliphatic carboxylic acids is 1. The summed E-state index contributed by atoms with van der Waals surface area (Å²) in [4.78, 5) is 15.5. The lowest BCUT2D eigenvalue weighted by Gasteiger charge is -2.14. The van der Waals surface area contributed by atoms with Crippen LogP contribution in [0.2, 0.25) is 0 Å². The lowest BCUT2D eigenvalue weighted by molar-refractivity contribution is -0.139. The van der Waals surface area contributed by atoms with E-state index in [-0.39, 0.29) is 6.61 Å². The van der Waals surface area contributed by atoms with E-state index in [1.54, 1.807) is 19.2 Å². The van der Waals surface area contributed by atoms with Crippen LogP contribution in [0.25, 0.3) is 33.2 Å². The predicted octanol–water partition coefficient (Wildman–Crippen LogP) is 6.93. The number of ether oxygens (including phenoxy) is 3. The van der Waals surface area contributed by atoms with E-state index in [0.717, 1.165) is 50.0 Å². The summed E-state index contributed by atoms with van der Waals surface area (Å²) in [6, 6.07) is 30.0. The molecular formula is C32H27NO5. The fourth-order valence-corrected chi connectivity index (χ4v) is 4.30. The molecule has 1 N–H and O–H groups in total. The van der Waals surface area contributed by atoms with Gasteiger partial charge in [0.2, 0.25) is 0 Å². The first-order chi connectivity index (χ1) is 18.5. The van der Waals surface area contributed by atoms with Crippen molar-refractivity contribution in [3.05, 3.63) is 108 Å². The molecule has 5 aromatic rings. The van der Waals surface area contributed by atoms with E-state index in [0.29, 0.717) is 18.1 Å². The van der Waals surface area contributed by atoms with Gasteiger partial charge in [-0.2, -0.15) is 0 Å². The molecule has 4 aromatic carbocycles. The average molecular weight is 506 g/mol. The summed E-state index contributed by atoms with van der Waals surface area (Å²) in [5, 5.41) is 9.94. The molecule has 5 rings (SSSR count). The van der Waals surface area contributed by atoms with E-state index in [2.05, 4.69) is 35.3 Å². The van der Waals surface area contributed by atoms with Gasteiger partial charge in [0.1, 0.15) is 23.9 Å². The van der Waals surface area contributed by atoms with Gasteiger partial charge in [-0.25, -0.2) is 4.79 Å². The molecule has 0 saturated carbocycles.